The molecule has 0 radical (unpaired) electrons. The third kappa shape index (κ3) is 1.55. The average molecular weight is 290 g/mol. The van der Waals surface area contributed by atoms with E-state index >= 15 is 0 Å². The van der Waals surface area contributed by atoms with Gasteiger partial charge in [-0.05, 0) is 22.0 Å². The van der Waals surface area contributed by atoms with Crippen LogP contribution in [0.3, 0.4) is 0 Å². The summed E-state index contributed by atoms with van der Waals surface area (Å²) in [6.07, 6.45) is 1.57. The molecule has 0 aliphatic carbocycles. The average Bonchev–Trinajstić information content (AvgIpc) is 2.44. The van der Waals surface area contributed by atoms with Crippen molar-refractivity contribution in [3.8, 4) is 0 Å². The zero-order valence-corrected chi connectivity index (χ0v) is 9.71. The van der Waals surface area contributed by atoms with Crippen LogP contribution in [0, 0.1) is 0 Å². The minimum Gasteiger partial charge on any atom is -0.383 e. The molecule has 1 amide bonds. The number of hydrogen-bond donors (Lipinski definition) is 2. The van der Waals surface area contributed by atoms with E-state index < -0.39 is 5.91 Å². The van der Waals surface area contributed by atoms with E-state index in [1.165, 1.54) is 4.40 Å². The van der Waals surface area contributed by atoms with Crippen molar-refractivity contribution in [3.05, 3.63) is 27.5 Å². The van der Waals surface area contributed by atoms with Gasteiger partial charge in [-0.15, -0.1) is 0 Å². The van der Waals surface area contributed by atoms with Crippen LogP contribution >= 0.6 is 27.5 Å². The van der Waals surface area contributed by atoms with E-state index in [0.717, 1.165) is 0 Å². The van der Waals surface area contributed by atoms with Crippen LogP contribution in [0.2, 0.25) is 5.02 Å². The highest BCUT2D eigenvalue weighted by molar-refractivity contribution is 9.10. The molecule has 4 N–H and O–H groups in total. The number of fused-ring (bicyclic) bond motifs is 1. The summed E-state index contributed by atoms with van der Waals surface area (Å²) in [5.74, 6) is -0.486. The molecule has 0 unspecified atom stereocenters. The van der Waals surface area contributed by atoms with Crippen LogP contribution in [-0.4, -0.2) is 15.3 Å². The Balaban J connectivity index is 2.88. The molecule has 0 fully saturated rings. The summed E-state index contributed by atoms with van der Waals surface area (Å²) in [4.78, 5) is 15.0. The predicted octanol–water partition coefficient (Wildman–Crippen LogP) is 1.43. The monoisotopic (exact) mass is 288 g/mol. The maximum absolute atomic E-state index is 11.0. The fraction of sp³-hybridized carbons (Fsp3) is 0. The van der Waals surface area contributed by atoms with Crippen LogP contribution in [-0.2, 0) is 0 Å². The number of imidazole rings is 1. The molecule has 2 aromatic rings. The first-order chi connectivity index (χ1) is 7.00. The van der Waals surface area contributed by atoms with Gasteiger partial charge < -0.3 is 11.5 Å². The van der Waals surface area contributed by atoms with Gasteiger partial charge in [0.25, 0.3) is 5.91 Å². The number of aromatic nitrogens is 2. The molecule has 15 heavy (non-hydrogen) atoms. The van der Waals surface area contributed by atoms with Crippen LogP contribution in [0.25, 0.3) is 5.65 Å². The van der Waals surface area contributed by atoms with Crippen molar-refractivity contribution in [2.45, 2.75) is 0 Å². The fourth-order valence-electron chi connectivity index (χ4n) is 1.27. The first kappa shape index (κ1) is 10.3. The van der Waals surface area contributed by atoms with Crippen molar-refractivity contribution >= 4 is 44.9 Å². The number of carbonyl (C=O) groups excluding carboxylic acids is 1. The molecule has 0 spiro atoms. The van der Waals surface area contributed by atoms with E-state index in [1.54, 1.807) is 12.3 Å². The molecular weight excluding hydrogens is 283 g/mol. The summed E-state index contributed by atoms with van der Waals surface area (Å²) in [7, 11) is 0. The number of rotatable bonds is 1. The van der Waals surface area contributed by atoms with Gasteiger partial charge in [-0.3, -0.25) is 9.20 Å². The van der Waals surface area contributed by atoms with Crippen LogP contribution in [0.4, 0.5) is 5.82 Å². The minimum absolute atomic E-state index is 0.0398. The molecule has 5 nitrogen and oxygen atoms in total. The van der Waals surface area contributed by atoms with Crippen molar-refractivity contribution in [1.29, 1.82) is 0 Å². The lowest BCUT2D eigenvalue weighted by Gasteiger charge is -1.99. The van der Waals surface area contributed by atoms with Crippen molar-refractivity contribution in [2.75, 3.05) is 5.73 Å². The van der Waals surface area contributed by atoms with Gasteiger partial charge in [0.1, 0.15) is 5.82 Å². The highest BCUT2D eigenvalue weighted by Gasteiger charge is 2.15. The number of nitrogens with zero attached hydrogens (tertiary/aromatic N) is 2. The van der Waals surface area contributed by atoms with Gasteiger partial charge in [-0.1, -0.05) is 11.6 Å². The van der Waals surface area contributed by atoms with E-state index in [0.29, 0.717) is 15.1 Å². The molecule has 2 rings (SSSR count). The number of anilines is 1. The van der Waals surface area contributed by atoms with Gasteiger partial charge in [-0.2, -0.15) is 0 Å². The second kappa shape index (κ2) is 3.39. The number of pyridine rings is 1. The van der Waals surface area contributed by atoms with Gasteiger partial charge in [0.15, 0.2) is 11.3 Å². The minimum atomic E-state index is -0.667. The summed E-state index contributed by atoms with van der Waals surface area (Å²) >= 11 is 9.10. The molecule has 0 aliphatic heterocycles. The Bertz CT molecular complexity index is 565. The Morgan fingerprint density at radius 1 is 1.60 bits per heavy atom. The SMILES string of the molecule is NC(=O)c1nc2c(Br)cc(Cl)cn2c1N. The number of carbonyl (C=O) groups is 1. The molecule has 0 saturated carbocycles. The molecule has 0 atom stereocenters. The van der Waals surface area contributed by atoms with Crippen molar-refractivity contribution in [1.82, 2.24) is 9.38 Å². The third-order valence-corrected chi connectivity index (χ3v) is 2.70. The second-order valence-corrected chi connectivity index (χ2v) is 4.20. The standard InChI is InChI=1S/C8H6BrClN4O/c9-4-1-3(10)2-14-6(11)5(7(12)15)13-8(4)14/h1-2H,11H2,(H2,12,15). The lowest BCUT2D eigenvalue weighted by atomic mass is 10.4. The van der Waals surface area contributed by atoms with Gasteiger partial charge in [0, 0.05) is 6.20 Å². The Morgan fingerprint density at radius 2 is 2.27 bits per heavy atom. The van der Waals surface area contributed by atoms with E-state index in [4.69, 9.17) is 23.1 Å². The zero-order valence-electron chi connectivity index (χ0n) is 7.37. The van der Waals surface area contributed by atoms with Crippen LogP contribution in [0.15, 0.2) is 16.7 Å². The molecule has 2 aromatic heterocycles. The Labute approximate surface area is 98.1 Å². The molecule has 2 heterocycles. The molecular formula is C8H6BrClN4O. The molecule has 0 aliphatic rings. The molecule has 0 aromatic carbocycles. The zero-order chi connectivity index (χ0) is 11.2. The maximum atomic E-state index is 11.0. The predicted molar refractivity (Wildman–Crippen MR) is 60.8 cm³/mol. The fourth-order valence-corrected chi connectivity index (χ4v) is 2.14. The van der Waals surface area contributed by atoms with Crippen molar-refractivity contribution in [3.63, 3.8) is 0 Å². The lowest BCUT2D eigenvalue weighted by Crippen LogP contribution is -2.13. The first-order valence-electron chi connectivity index (χ1n) is 3.93. The molecule has 0 bridgehead atoms. The summed E-state index contributed by atoms with van der Waals surface area (Å²) in [6, 6.07) is 1.66. The number of nitrogen functional groups attached to an aromatic ring is 1. The second-order valence-electron chi connectivity index (χ2n) is 2.91. The number of halogens is 2. The van der Waals surface area contributed by atoms with E-state index in [-0.39, 0.29) is 11.5 Å². The summed E-state index contributed by atoms with van der Waals surface area (Å²) in [5, 5.41) is 0.481. The van der Waals surface area contributed by atoms with E-state index in [9.17, 15) is 4.79 Å². The van der Waals surface area contributed by atoms with Gasteiger partial charge in [0.05, 0.1) is 9.50 Å². The van der Waals surface area contributed by atoms with E-state index in [1.807, 2.05) is 0 Å². The maximum Gasteiger partial charge on any atom is 0.271 e. The topological polar surface area (TPSA) is 86.4 Å². The number of hydrogen-bond acceptors (Lipinski definition) is 3. The summed E-state index contributed by atoms with van der Waals surface area (Å²) in [6.45, 7) is 0. The Kier molecular flexibility index (Phi) is 2.32. The Morgan fingerprint density at radius 3 is 2.87 bits per heavy atom. The van der Waals surface area contributed by atoms with Crippen molar-refractivity contribution in [2.24, 2.45) is 5.73 Å². The summed E-state index contributed by atoms with van der Waals surface area (Å²) < 4.78 is 2.15. The highest BCUT2D eigenvalue weighted by Crippen LogP contribution is 2.25. The lowest BCUT2D eigenvalue weighted by molar-refractivity contribution is 0.0997. The third-order valence-electron chi connectivity index (χ3n) is 1.91. The number of nitrogens with two attached hydrogens (primary N) is 2. The number of amides is 1. The van der Waals surface area contributed by atoms with Crippen LogP contribution < -0.4 is 11.5 Å². The van der Waals surface area contributed by atoms with E-state index in [2.05, 4.69) is 20.9 Å². The molecule has 7 heteroatoms. The molecule has 78 valence electrons. The van der Waals surface area contributed by atoms with Gasteiger partial charge >= 0.3 is 0 Å². The van der Waals surface area contributed by atoms with Crippen LogP contribution in [0.1, 0.15) is 10.5 Å². The first-order valence-corrected chi connectivity index (χ1v) is 5.10. The van der Waals surface area contributed by atoms with Gasteiger partial charge in [-0.25, -0.2) is 4.98 Å². The number of primary amides is 1. The normalized spacial score (nSPS) is 10.8. The molecule has 0 saturated heterocycles. The van der Waals surface area contributed by atoms with Crippen molar-refractivity contribution < 1.29 is 4.79 Å². The Hall–Kier alpha value is -1.27. The van der Waals surface area contributed by atoms with Crippen LogP contribution in [0.5, 0.6) is 0 Å². The smallest absolute Gasteiger partial charge is 0.271 e. The van der Waals surface area contributed by atoms with Gasteiger partial charge in [0.2, 0.25) is 0 Å². The highest BCUT2D eigenvalue weighted by atomic mass is 79.9. The summed E-state index contributed by atoms with van der Waals surface area (Å²) in [5.41, 5.74) is 11.4. The largest absolute Gasteiger partial charge is 0.383 e. The quantitative estimate of drug-likeness (QED) is 0.832.